The lowest BCUT2D eigenvalue weighted by Crippen LogP contribution is -2.04. The summed E-state index contributed by atoms with van der Waals surface area (Å²) in [7, 11) is -3.52. The molecular weight excluding hydrogens is 432 g/mol. The molecule has 1 heterocycles. The van der Waals surface area contributed by atoms with Crippen LogP contribution in [0.2, 0.25) is 0 Å². The molecule has 2 aromatic rings. The first-order valence-electron chi connectivity index (χ1n) is 12.9. The van der Waals surface area contributed by atoms with E-state index in [0.717, 1.165) is 36.8 Å². The smallest absolute Gasteiger partial charge is 0.207 e. The molecule has 0 aliphatic carbocycles. The quantitative estimate of drug-likeness (QED) is 0.198. The van der Waals surface area contributed by atoms with E-state index in [1.54, 1.807) is 18.2 Å². The number of hydrogen-bond donors (Lipinski definition) is 0. The van der Waals surface area contributed by atoms with Crippen molar-refractivity contribution in [3.05, 3.63) is 36.4 Å². The molecule has 0 aromatic heterocycles. The highest BCUT2D eigenvalue weighted by Gasteiger charge is 2.34. The van der Waals surface area contributed by atoms with Gasteiger partial charge < -0.3 is 9.47 Å². The zero-order valence-corrected chi connectivity index (χ0v) is 21.2. The molecule has 1 aliphatic rings. The zero-order chi connectivity index (χ0) is 23.5. The summed E-state index contributed by atoms with van der Waals surface area (Å²) in [5, 5.41) is 0. The highest BCUT2D eigenvalue weighted by Crippen LogP contribution is 2.47. The Balaban J connectivity index is 1.70. The maximum Gasteiger partial charge on any atom is 0.207 e. The van der Waals surface area contributed by atoms with Gasteiger partial charge in [-0.2, -0.15) is 0 Å². The third-order valence-electron chi connectivity index (χ3n) is 6.31. The van der Waals surface area contributed by atoms with E-state index in [1.165, 1.54) is 51.4 Å². The third kappa shape index (κ3) is 6.75. The minimum Gasteiger partial charge on any atom is -0.490 e. The Morgan fingerprint density at radius 3 is 1.73 bits per heavy atom. The molecule has 33 heavy (non-hydrogen) atoms. The van der Waals surface area contributed by atoms with Crippen LogP contribution < -0.4 is 9.47 Å². The van der Waals surface area contributed by atoms with Crippen molar-refractivity contribution in [1.82, 2.24) is 0 Å². The minimum atomic E-state index is -3.52. The van der Waals surface area contributed by atoms with Gasteiger partial charge in [-0.1, -0.05) is 96.3 Å². The Morgan fingerprint density at radius 1 is 0.606 bits per heavy atom. The number of sulfone groups is 1. The second kappa shape index (κ2) is 13.0. The molecule has 0 atom stereocenters. The fraction of sp³-hybridized carbons (Fsp3) is 0.571. The van der Waals surface area contributed by atoms with Gasteiger partial charge in [0, 0.05) is 17.2 Å². The van der Waals surface area contributed by atoms with Crippen LogP contribution in [0, 0.1) is 0 Å². The van der Waals surface area contributed by atoms with Crippen molar-refractivity contribution in [1.29, 1.82) is 0 Å². The highest BCUT2D eigenvalue weighted by molar-refractivity contribution is 7.92. The third-order valence-corrected chi connectivity index (χ3v) is 8.16. The van der Waals surface area contributed by atoms with E-state index in [-0.39, 0.29) is 0 Å². The van der Waals surface area contributed by atoms with Gasteiger partial charge in [0.15, 0.2) is 11.5 Å². The first-order valence-corrected chi connectivity index (χ1v) is 14.4. The Morgan fingerprint density at radius 2 is 1.12 bits per heavy atom. The van der Waals surface area contributed by atoms with Gasteiger partial charge in [-0.15, -0.1) is 0 Å². The second-order valence-corrected chi connectivity index (χ2v) is 10.9. The van der Waals surface area contributed by atoms with Crippen LogP contribution in [0.5, 0.6) is 11.5 Å². The highest BCUT2D eigenvalue weighted by atomic mass is 32.2. The maximum absolute atomic E-state index is 13.1. The van der Waals surface area contributed by atoms with Crippen LogP contribution in [-0.4, -0.2) is 21.6 Å². The van der Waals surface area contributed by atoms with E-state index < -0.39 is 9.84 Å². The van der Waals surface area contributed by atoms with Crippen molar-refractivity contribution in [2.75, 3.05) is 13.2 Å². The molecule has 5 heteroatoms. The number of fused-ring (bicyclic) bond motifs is 3. The molecule has 0 amide bonds. The van der Waals surface area contributed by atoms with Gasteiger partial charge in [0.05, 0.1) is 23.0 Å². The Bertz CT molecular complexity index is 981. The number of rotatable bonds is 16. The van der Waals surface area contributed by atoms with Gasteiger partial charge in [0.1, 0.15) is 0 Å². The lowest BCUT2D eigenvalue weighted by molar-refractivity contribution is 0.258. The van der Waals surface area contributed by atoms with Crippen molar-refractivity contribution in [3.63, 3.8) is 0 Å². The van der Waals surface area contributed by atoms with Crippen LogP contribution in [0.1, 0.15) is 90.9 Å². The van der Waals surface area contributed by atoms with Gasteiger partial charge in [0.2, 0.25) is 9.84 Å². The summed E-state index contributed by atoms with van der Waals surface area (Å²) < 4.78 is 38.4. The molecule has 0 N–H and O–H groups in total. The maximum atomic E-state index is 13.1. The molecule has 1 aliphatic heterocycles. The SMILES string of the molecule is CCCCCCCCOc1cc2c(cc1OCCCCCCCC)S(=O)(=O)c1ccccc1-2. The summed E-state index contributed by atoms with van der Waals surface area (Å²) in [5.41, 5.74) is 1.47. The normalized spacial score (nSPS) is 13.5. The summed E-state index contributed by atoms with van der Waals surface area (Å²) in [6.07, 6.45) is 14.3. The van der Waals surface area contributed by atoms with E-state index in [0.29, 0.717) is 34.5 Å². The first kappa shape index (κ1) is 25.6. The first-order chi connectivity index (χ1) is 16.1. The summed E-state index contributed by atoms with van der Waals surface area (Å²) in [6.45, 7) is 5.63. The summed E-state index contributed by atoms with van der Waals surface area (Å²) in [5.74, 6) is 1.20. The van der Waals surface area contributed by atoms with Crippen molar-refractivity contribution in [2.24, 2.45) is 0 Å². The fourth-order valence-corrected chi connectivity index (χ4v) is 6.05. The van der Waals surface area contributed by atoms with Gasteiger partial charge in [-0.25, -0.2) is 8.42 Å². The van der Waals surface area contributed by atoms with Crippen LogP contribution >= 0.6 is 0 Å². The van der Waals surface area contributed by atoms with Crippen molar-refractivity contribution in [2.45, 2.75) is 101 Å². The van der Waals surface area contributed by atoms with Crippen molar-refractivity contribution in [3.8, 4) is 22.6 Å². The Labute approximate surface area is 200 Å². The molecule has 0 spiro atoms. The molecule has 2 aromatic carbocycles. The molecule has 0 saturated carbocycles. The number of ether oxygens (including phenoxy) is 2. The lowest BCUT2D eigenvalue weighted by atomic mass is 10.1. The number of benzene rings is 2. The number of hydrogen-bond acceptors (Lipinski definition) is 4. The monoisotopic (exact) mass is 472 g/mol. The van der Waals surface area contributed by atoms with Crippen LogP contribution in [0.25, 0.3) is 11.1 Å². The lowest BCUT2D eigenvalue weighted by Gasteiger charge is -2.15. The Hall–Kier alpha value is -2.01. The van der Waals surface area contributed by atoms with E-state index in [4.69, 9.17) is 9.47 Å². The summed E-state index contributed by atoms with van der Waals surface area (Å²) in [4.78, 5) is 0.698. The molecule has 182 valence electrons. The van der Waals surface area contributed by atoms with Crippen molar-refractivity contribution < 1.29 is 17.9 Å². The van der Waals surface area contributed by atoms with Gasteiger partial charge in [-0.3, -0.25) is 0 Å². The number of unbranched alkanes of at least 4 members (excludes halogenated alkanes) is 10. The fourth-order valence-electron chi connectivity index (χ4n) is 4.37. The summed E-state index contributed by atoms with van der Waals surface area (Å²) >= 11 is 0. The molecule has 0 bridgehead atoms. The van der Waals surface area contributed by atoms with Crippen LogP contribution in [0.15, 0.2) is 46.2 Å². The molecule has 4 nitrogen and oxygen atoms in total. The van der Waals surface area contributed by atoms with Crippen molar-refractivity contribution >= 4 is 9.84 Å². The standard InChI is InChI=1S/C28H40O4S/c1-3-5-7-9-11-15-19-31-25-21-24-23-17-13-14-18-27(23)33(29,30)28(24)22-26(25)32-20-16-12-10-8-6-4-2/h13-14,17-18,21-22H,3-12,15-16,19-20H2,1-2H3. The molecule has 0 fully saturated rings. The van der Waals surface area contributed by atoms with E-state index >= 15 is 0 Å². The minimum absolute atomic E-state index is 0.327. The molecule has 0 saturated heterocycles. The second-order valence-electron chi connectivity index (χ2n) is 9.03. The zero-order valence-electron chi connectivity index (χ0n) is 20.4. The van der Waals surface area contributed by atoms with Crippen LogP contribution in [-0.2, 0) is 9.84 Å². The average molecular weight is 473 g/mol. The predicted octanol–water partition coefficient (Wildman–Crippen LogP) is 7.98. The topological polar surface area (TPSA) is 52.6 Å². The molecule has 0 unspecified atom stereocenters. The largest absolute Gasteiger partial charge is 0.490 e. The van der Waals surface area contributed by atoms with E-state index in [2.05, 4.69) is 13.8 Å². The Kier molecular flexibility index (Phi) is 10.1. The van der Waals surface area contributed by atoms with Crippen LogP contribution in [0.4, 0.5) is 0 Å². The molecule has 3 rings (SSSR count). The van der Waals surface area contributed by atoms with Gasteiger partial charge >= 0.3 is 0 Å². The van der Waals surface area contributed by atoms with Gasteiger partial charge in [-0.05, 0) is 25.0 Å². The van der Waals surface area contributed by atoms with E-state index in [9.17, 15) is 8.42 Å². The summed E-state index contributed by atoms with van der Waals surface area (Å²) in [6, 6.07) is 10.7. The van der Waals surface area contributed by atoms with Gasteiger partial charge in [0.25, 0.3) is 0 Å². The predicted molar refractivity (Wildman–Crippen MR) is 135 cm³/mol. The van der Waals surface area contributed by atoms with Crippen LogP contribution in [0.3, 0.4) is 0 Å². The molecule has 0 radical (unpaired) electrons. The average Bonchev–Trinajstić information content (AvgIpc) is 3.04. The van der Waals surface area contributed by atoms with E-state index in [1.807, 2.05) is 18.2 Å². The molecular formula is C28H40O4S.